The molecule has 28 heavy (non-hydrogen) atoms. The summed E-state index contributed by atoms with van der Waals surface area (Å²) in [5, 5.41) is 5.29. The number of fused-ring (bicyclic) bond motifs is 1. The molecule has 2 aromatic rings. The Morgan fingerprint density at radius 2 is 2.04 bits per heavy atom. The largest absolute Gasteiger partial charge is 0.365 e. The molecule has 2 aliphatic rings. The maximum atomic E-state index is 11.9. The van der Waals surface area contributed by atoms with Gasteiger partial charge < -0.3 is 10.6 Å². The van der Waals surface area contributed by atoms with Gasteiger partial charge in [-0.15, -0.1) is 0 Å². The van der Waals surface area contributed by atoms with Crippen LogP contribution in [0.15, 0.2) is 18.2 Å². The lowest BCUT2D eigenvalue weighted by Gasteiger charge is -2.33. The van der Waals surface area contributed by atoms with Crippen molar-refractivity contribution in [2.75, 3.05) is 26.7 Å². The number of rotatable bonds is 3. The second-order valence-corrected chi connectivity index (χ2v) is 8.03. The van der Waals surface area contributed by atoms with Crippen LogP contribution in [0.3, 0.4) is 0 Å². The van der Waals surface area contributed by atoms with Crippen LogP contribution in [-0.4, -0.2) is 58.6 Å². The lowest BCUT2D eigenvalue weighted by Crippen LogP contribution is -2.43. The van der Waals surface area contributed by atoms with Gasteiger partial charge in [-0.3, -0.25) is 19.2 Å². The topological polar surface area (TPSA) is 84.5 Å². The third-order valence-electron chi connectivity index (χ3n) is 5.09. The Morgan fingerprint density at radius 1 is 1.32 bits per heavy atom. The van der Waals surface area contributed by atoms with E-state index in [4.69, 9.17) is 17.3 Å². The summed E-state index contributed by atoms with van der Waals surface area (Å²) >= 11 is 6.07. The molecule has 0 bridgehead atoms. The van der Waals surface area contributed by atoms with Gasteiger partial charge in [0, 0.05) is 36.8 Å². The summed E-state index contributed by atoms with van der Waals surface area (Å²) in [6.45, 7) is 8.34. The smallest absolute Gasteiger partial charge is 0.252 e. The third kappa shape index (κ3) is 4.20. The highest BCUT2D eigenvalue weighted by Gasteiger charge is 2.26. The minimum atomic E-state index is -0.436. The second kappa shape index (κ2) is 8.32. The number of nitrogens with zero attached hydrogens (tertiary/aromatic N) is 4. The fourth-order valence-corrected chi connectivity index (χ4v) is 3.65. The fourth-order valence-electron chi connectivity index (χ4n) is 3.53. The molecule has 1 fully saturated rings. The molecule has 0 aliphatic carbocycles. The van der Waals surface area contributed by atoms with Gasteiger partial charge in [-0.25, -0.2) is 0 Å². The van der Waals surface area contributed by atoms with Gasteiger partial charge >= 0.3 is 0 Å². The van der Waals surface area contributed by atoms with Gasteiger partial charge in [0.1, 0.15) is 5.69 Å². The molecule has 4 rings (SSSR count). The van der Waals surface area contributed by atoms with Gasteiger partial charge in [0.15, 0.2) is 0 Å². The zero-order valence-corrected chi connectivity index (χ0v) is 17.2. The van der Waals surface area contributed by atoms with Crippen LogP contribution in [0, 0.1) is 12.8 Å². The minimum absolute atomic E-state index is 0.436. The summed E-state index contributed by atoms with van der Waals surface area (Å²) < 4.78 is 1.89. The van der Waals surface area contributed by atoms with Crippen molar-refractivity contribution in [1.82, 2.24) is 19.6 Å². The van der Waals surface area contributed by atoms with Crippen LogP contribution < -0.4 is 5.73 Å². The predicted molar refractivity (Wildman–Crippen MR) is 109 cm³/mol. The summed E-state index contributed by atoms with van der Waals surface area (Å²) in [5.41, 5.74) is 9.47. The fraction of sp³-hybridized carbons (Fsp3) is 0.450. The third-order valence-corrected chi connectivity index (χ3v) is 5.51. The Labute approximate surface area is 170 Å². The number of likely N-dealkylation sites (N-methyl/N-ethyl adjacent to an activating group) is 1. The van der Waals surface area contributed by atoms with Crippen molar-refractivity contribution in [2.45, 2.75) is 26.9 Å². The van der Waals surface area contributed by atoms with Gasteiger partial charge in [-0.2, -0.15) is 5.10 Å². The van der Waals surface area contributed by atoms with E-state index in [1.807, 2.05) is 36.9 Å². The first kappa shape index (κ1) is 20.4. The van der Waals surface area contributed by atoms with E-state index in [1.165, 1.54) is 0 Å². The summed E-state index contributed by atoms with van der Waals surface area (Å²) in [6.07, 6.45) is 0.903. The number of benzene rings is 1. The van der Waals surface area contributed by atoms with Crippen molar-refractivity contribution in [1.29, 1.82) is 0 Å². The number of halogens is 1. The van der Waals surface area contributed by atoms with E-state index in [1.54, 1.807) is 4.90 Å². The maximum Gasteiger partial charge on any atom is 0.252 e. The van der Waals surface area contributed by atoms with Crippen molar-refractivity contribution in [3.8, 4) is 11.3 Å². The van der Waals surface area contributed by atoms with Gasteiger partial charge in [-0.05, 0) is 37.6 Å². The van der Waals surface area contributed by atoms with E-state index < -0.39 is 5.91 Å². The Bertz CT molecular complexity index is 889. The Hall–Kier alpha value is -2.38. The summed E-state index contributed by atoms with van der Waals surface area (Å²) in [6, 6.07) is 5.63. The maximum absolute atomic E-state index is 11.9. The number of primary amides is 1. The number of hydrogen-bond acceptors (Lipinski definition) is 4. The molecule has 0 atom stereocenters. The van der Waals surface area contributed by atoms with E-state index in [0.29, 0.717) is 22.8 Å². The summed E-state index contributed by atoms with van der Waals surface area (Å²) in [5.74, 6) is 0.305. The number of aromatic nitrogens is 2. The molecule has 2 aliphatic heterocycles. The lowest BCUT2D eigenvalue weighted by atomic mass is 10.0. The molecule has 3 heterocycles. The van der Waals surface area contributed by atoms with Gasteiger partial charge in [0.2, 0.25) is 6.41 Å². The van der Waals surface area contributed by atoms with Crippen molar-refractivity contribution < 1.29 is 9.59 Å². The SMILES string of the molecule is CC1CN(C=O)C1.Cc1cc(-c2nn3c(c2C(N)=O)CN(C)CC3)ccc1Cl. The van der Waals surface area contributed by atoms with E-state index in [2.05, 4.69) is 16.9 Å². The monoisotopic (exact) mass is 403 g/mol. The molecule has 0 radical (unpaired) electrons. The van der Waals surface area contributed by atoms with Crippen LogP contribution in [0.1, 0.15) is 28.5 Å². The lowest BCUT2D eigenvalue weighted by molar-refractivity contribution is -0.123. The van der Waals surface area contributed by atoms with Crippen LogP contribution in [-0.2, 0) is 17.9 Å². The van der Waals surface area contributed by atoms with Gasteiger partial charge in [-0.1, -0.05) is 24.6 Å². The number of likely N-dealkylation sites (tertiary alicyclic amines) is 1. The van der Waals surface area contributed by atoms with Crippen LogP contribution in [0.2, 0.25) is 5.02 Å². The highest BCUT2D eigenvalue weighted by Crippen LogP contribution is 2.30. The molecule has 2 amide bonds. The summed E-state index contributed by atoms with van der Waals surface area (Å²) in [7, 11) is 2.02. The van der Waals surface area contributed by atoms with Crippen molar-refractivity contribution in [2.24, 2.45) is 11.7 Å². The minimum Gasteiger partial charge on any atom is -0.365 e. The standard InChI is InChI=1S/C15H17ClN4O.C5H9NO/c1-9-7-10(3-4-11(9)16)14-13(15(17)21)12-8-19(2)5-6-20(12)18-14;1-5-2-6(3-5)4-7/h3-4,7H,5-6,8H2,1-2H3,(H2,17,21);4-5H,2-3H2,1H3. The molecule has 0 saturated carbocycles. The number of carbonyl (C=O) groups is 2. The molecule has 150 valence electrons. The first-order valence-electron chi connectivity index (χ1n) is 9.34. The Balaban J connectivity index is 0.000000271. The molecule has 0 spiro atoms. The molecule has 1 aromatic heterocycles. The first-order chi connectivity index (χ1) is 13.3. The zero-order valence-electron chi connectivity index (χ0n) is 16.5. The second-order valence-electron chi connectivity index (χ2n) is 7.62. The molecule has 1 saturated heterocycles. The number of carbonyl (C=O) groups excluding carboxylic acids is 2. The first-order valence-corrected chi connectivity index (χ1v) is 9.71. The highest BCUT2D eigenvalue weighted by molar-refractivity contribution is 6.31. The molecule has 7 nitrogen and oxygen atoms in total. The van der Waals surface area contributed by atoms with Gasteiger partial charge in [0.25, 0.3) is 5.91 Å². The van der Waals surface area contributed by atoms with Crippen molar-refractivity contribution in [3.05, 3.63) is 40.0 Å². The number of amides is 2. The molecule has 0 unspecified atom stereocenters. The normalized spacial score (nSPS) is 16.6. The van der Waals surface area contributed by atoms with Gasteiger partial charge in [0.05, 0.1) is 17.8 Å². The highest BCUT2D eigenvalue weighted by atomic mass is 35.5. The van der Waals surface area contributed by atoms with Crippen LogP contribution >= 0.6 is 11.6 Å². The average Bonchev–Trinajstić information content (AvgIpc) is 3.00. The van der Waals surface area contributed by atoms with E-state index in [-0.39, 0.29) is 0 Å². The van der Waals surface area contributed by atoms with Crippen LogP contribution in [0.25, 0.3) is 11.3 Å². The number of aryl methyl sites for hydroxylation is 1. The average molecular weight is 404 g/mol. The molecular weight excluding hydrogens is 378 g/mol. The van der Waals surface area contributed by atoms with Crippen molar-refractivity contribution >= 4 is 23.9 Å². The van der Waals surface area contributed by atoms with Crippen molar-refractivity contribution in [3.63, 3.8) is 0 Å². The van der Waals surface area contributed by atoms with E-state index in [9.17, 15) is 9.59 Å². The van der Waals surface area contributed by atoms with Crippen LogP contribution in [0.4, 0.5) is 0 Å². The molecular formula is C20H26ClN5O2. The number of nitrogens with two attached hydrogens (primary N) is 1. The van der Waals surface area contributed by atoms with E-state index >= 15 is 0 Å². The van der Waals surface area contributed by atoms with Crippen LogP contribution in [0.5, 0.6) is 0 Å². The Kier molecular flexibility index (Phi) is 6.05. The molecule has 8 heteroatoms. The summed E-state index contributed by atoms with van der Waals surface area (Å²) in [4.78, 5) is 25.7. The Morgan fingerprint density at radius 3 is 2.57 bits per heavy atom. The predicted octanol–water partition coefficient (Wildman–Crippen LogP) is 2.15. The molecule has 1 aromatic carbocycles. The zero-order chi connectivity index (χ0) is 20.4. The van der Waals surface area contributed by atoms with E-state index in [0.717, 1.165) is 55.3 Å². The number of hydrogen-bond donors (Lipinski definition) is 1. The molecule has 2 N–H and O–H groups in total. The quantitative estimate of drug-likeness (QED) is 0.796.